The fourth-order valence-electron chi connectivity index (χ4n) is 1.61. The predicted molar refractivity (Wildman–Crippen MR) is 71.0 cm³/mol. The molecule has 0 fully saturated rings. The van der Waals surface area contributed by atoms with Crippen molar-refractivity contribution in [3.05, 3.63) is 40.5 Å². The minimum Gasteiger partial charge on any atom is -0.491 e. The molecule has 0 radical (unpaired) electrons. The van der Waals surface area contributed by atoms with Crippen LogP contribution in [0.5, 0.6) is 5.75 Å². The molecular weight excluding hydrogens is 299 g/mol. The third-order valence-electron chi connectivity index (χ3n) is 2.35. The number of aryl methyl sites for hydroxylation is 1. The lowest BCUT2D eigenvalue weighted by molar-refractivity contribution is 0.321. The van der Waals surface area contributed by atoms with Crippen molar-refractivity contribution in [3.63, 3.8) is 0 Å². The standard InChI is InChI=1S/C13H12BrFN2O/c1-3-18-12-5-4-9(7-10(12)15)11-6-8(2)16-13(14)17-11/h4-7H,3H2,1-2H3. The summed E-state index contributed by atoms with van der Waals surface area (Å²) in [5.74, 6) is -0.132. The van der Waals surface area contributed by atoms with E-state index in [1.165, 1.54) is 6.07 Å². The summed E-state index contributed by atoms with van der Waals surface area (Å²) < 4.78 is 19.4. The first-order chi connectivity index (χ1) is 8.60. The van der Waals surface area contributed by atoms with Gasteiger partial charge in [0.1, 0.15) is 0 Å². The van der Waals surface area contributed by atoms with Gasteiger partial charge in [-0.15, -0.1) is 0 Å². The highest BCUT2D eigenvalue weighted by Gasteiger charge is 2.08. The Morgan fingerprint density at radius 3 is 2.67 bits per heavy atom. The summed E-state index contributed by atoms with van der Waals surface area (Å²) in [6.07, 6.45) is 0. The Morgan fingerprint density at radius 1 is 1.28 bits per heavy atom. The molecule has 3 nitrogen and oxygen atoms in total. The van der Waals surface area contributed by atoms with Crippen LogP contribution in [0.25, 0.3) is 11.3 Å². The maximum atomic E-state index is 13.7. The number of halogens is 2. The Bertz CT molecular complexity index is 555. The molecule has 2 rings (SSSR count). The van der Waals surface area contributed by atoms with E-state index in [9.17, 15) is 4.39 Å². The number of nitrogens with zero attached hydrogens (tertiary/aromatic N) is 2. The number of hydrogen-bond donors (Lipinski definition) is 0. The van der Waals surface area contributed by atoms with E-state index in [-0.39, 0.29) is 11.6 Å². The zero-order valence-electron chi connectivity index (χ0n) is 10.1. The maximum Gasteiger partial charge on any atom is 0.197 e. The van der Waals surface area contributed by atoms with Gasteiger partial charge < -0.3 is 4.74 Å². The summed E-state index contributed by atoms with van der Waals surface area (Å²) in [6.45, 7) is 4.12. The van der Waals surface area contributed by atoms with Gasteiger partial charge in [-0.05, 0) is 54.0 Å². The second kappa shape index (κ2) is 5.44. The van der Waals surface area contributed by atoms with E-state index in [1.54, 1.807) is 18.2 Å². The lowest BCUT2D eigenvalue weighted by Gasteiger charge is -2.07. The van der Waals surface area contributed by atoms with Crippen LogP contribution in [-0.4, -0.2) is 16.6 Å². The summed E-state index contributed by atoms with van der Waals surface area (Å²) >= 11 is 3.23. The Morgan fingerprint density at radius 2 is 2.06 bits per heavy atom. The van der Waals surface area contributed by atoms with Crippen LogP contribution in [0.1, 0.15) is 12.6 Å². The van der Waals surface area contributed by atoms with Gasteiger partial charge in [-0.2, -0.15) is 0 Å². The lowest BCUT2D eigenvalue weighted by Crippen LogP contribution is -1.96. The van der Waals surface area contributed by atoms with Crippen LogP contribution >= 0.6 is 15.9 Å². The van der Waals surface area contributed by atoms with Crippen molar-refractivity contribution < 1.29 is 9.13 Å². The molecule has 0 bridgehead atoms. The first kappa shape index (κ1) is 13.0. The fraction of sp³-hybridized carbons (Fsp3) is 0.231. The maximum absolute atomic E-state index is 13.7. The highest BCUT2D eigenvalue weighted by Crippen LogP contribution is 2.25. The molecule has 0 aliphatic heterocycles. The number of hydrogen-bond acceptors (Lipinski definition) is 3. The molecule has 1 aromatic heterocycles. The van der Waals surface area contributed by atoms with Crippen molar-refractivity contribution in [2.75, 3.05) is 6.61 Å². The number of ether oxygens (including phenoxy) is 1. The minimum absolute atomic E-state index is 0.256. The van der Waals surface area contributed by atoms with Gasteiger partial charge in [0.15, 0.2) is 16.3 Å². The third-order valence-corrected chi connectivity index (χ3v) is 2.71. The Balaban J connectivity index is 2.42. The third kappa shape index (κ3) is 2.85. The van der Waals surface area contributed by atoms with Gasteiger partial charge in [0, 0.05) is 11.3 Å². The van der Waals surface area contributed by atoms with Crippen molar-refractivity contribution >= 4 is 15.9 Å². The molecular formula is C13H12BrFN2O. The van der Waals surface area contributed by atoms with Gasteiger partial charge in [-0.1, -0.05) is 0 Å². The highest BCUT2D eigenvalue weighted by atomic mass is 79.9. The zero-order chi connectivity index (χ0) is 13.1. The van der Waals surface area contributed by atoms with Crippen LogP contribution in [0.4, 0.5) is 4.39 Å². The molecule has 0 saturated carbocycles. The molecule has 0 atom stereocenters. The van der Waals surface area contributed by atoms with Crippen molar-refractivity contribution in [1.29, 1.82) is 0 Å². The minimum atomic E-state index is -0.387. The molecule has 0 N–H and O–H groups in total. The van der Waals surface area contributed by atoms with Gasteiger partial charge >= 0.3 is 0 Å². The molecule has 0 aliphatic carbocycles. The van der Waals surface area contributed by atoms with Crippen LogP contribution in [0.3, 0.4) is 0 Å². The van der Waals surface area contributed by atoms with E-state index in [1.807, 2.05) is 13.8 Å². The van der Waals surface area contributed by atoms with Crippen LogP contribution in [-0.2, 0) is 0 Å². The molecule has 0 unspecified atom stereocenters. The summed E-state index contributed by atoms with van der Waals surface area (Å²) in [5, 5.41) is 0. The number of rotatable bonds is 3. The van der Waals surface area contributed by atoms with E-state index in [4.69, 9.17) is 4.74 Å². The first-order valence-electron chi connectivity index (χ1n) is 5.54. The van der Waals surface area contributed by atoms with Gasteiger partial charge in [0.2, 0.25) is 0 Å². The van der Waals surface area contributed by atoms with Crippen molar-refractivity contribution in [3.8, 4) is 17.0 Å². The smallest absolute Gasteiger partial charge is 0.197 e. The SMILES string of the molecule is CCOc1ccc(-c2cc(C)nc(Br)n2)cc1F. The van der Waals surface area contributed by atoms with E-state index >= 15 is 0 Å². The Labute approximate surface area is 113 Å². The lowest BCUT2D eigenvalue weighted by atomic mass is 10.1. The van der Waals surface area contributed by atoms with Crippen LogP contribution in [0, 0.1) is 12.7 Å². The van der Waals surface area contributed by atoms with Gasteiger partial charge in [-0.25, -0.2) is 14.4 Å². The molecule has 5 heteroatoms. The van der Waals surface area contributed by atoms with Crippen molar-refractivity contribution in [2.45, 2.75) is 13.8 Å². The average Bonchev–Trinajstić information content (AvgIpc) is 2.30. The number of aromatic nitrogens is 2. The normalized spacial score (nSPS) is 10.4. The van der Waals surface area contributed by atoms with Crippen molar-refractivity contribution in [1.82, 2.24) is 9.97 Å². The number of benzene rings is 1. The summed E-state index contributed by atoms with van der Waals surface area (Å²) in [6, 6.07) is 6.61. The molecule has 1 heterocycles. The van der Waals surface area contributed by atoms with Crippen LogP contribution < -0.4 is 4.74 Å². The molecule has 2 aromatic rings. The first-order valence-corrected chi connectivity index (χ1v) is 6.33. The molecule has 0 spiro atoms. The monoisotopic (exact) mass is 310 g/mol. The molecule has 18 heavy (non-hydrogen) atoms. The van der Waals surface area contributed by atoms with Gasteiger partial charge in [0.05, 0.1) is 12.3 Å². The Kier molecular flexibility index (Phi) is 3.91. The van der Waals surface area contributed by atoms with E-state index < -0.39 is 0 Å². The van der Waals surface area contributed by atoms with E-state index in [2.05, 4.69) is 25.9 Å². The fourth-order valence-corrected chi connectivity index (χ4v) is 2.08. The van der Waals surface area contributed by atoms with Crippen LogP contribution in [0.15, 0.2) is 29.0 Å². The van der Waals surface area contributed by atoms with E-state index in [0.29, 0.717) is 22.6 Å². The topological polar surface area (TPSA) is 35.0 Å². The molecule has 0 aliphatic rings. The predicted octanol–water partition coefficient (Wildman–Crippen LogP) is 3.75. The van der Waals surface area contributed by atoms with E-state index in [0.717, 1.165) is 5.69 Å². The molecule has 94 valence electrons. The second-order valence-corrected chi connectivity index (χ2v) is 4.45. The quantitative estimate of drug-likeness (QED) is 0.810. The molecule has 0 saturated heterocycles. The van der Waals surface area contributed by atoms with Crippen LogP contribution in [0.2, 0.25) is 0 Å². The summed E-state index contributed by atoms with van der Waals surface area (Å²) in [4.78, 5) is 8.34. The Hall–Kier alpha value is -1.49. The van der Waals surface area contributed by atoms with Gasteiger partial charge in [0.25, 0.3) is 0 Å². The highest BCUT2D eigenvalue weighted by molar-refractivity contribution is 9.10. The zero-order valence-corrected chi connectivity index (χ0v) is 11.7. The average molecular weight is 311 g/mol. The molecule has 1 aromatic carbocycles. The largest absolute Gasteiger partial charge is 0.491 e. The molecule has 0 amide bonds. The summed E-state index contributed by atoms with van der Waals surface area (Å²) in [5.41, 5.74) is 2.19. The van der Waals surface area contributed by atoms with Crippen molar-refractivity contribution in [2.24, 2.45) is 0 Å². The second-order valence-electron chi connectivity index (χ2n) is 3.74. The summed E-state index contributed by atoms with van der Waals surface area (Å²) in [7, 11) is 0. The van der Waals surface area contributed by atoms with Gasteiger partial charge in [-0.3, -0.25) is 0 Å².